The number of anilines is 2. The van der Waals surface area contributed by atoms with Gasteiger partial charge >= 0.3 is 0 Å². The van der Waals surface area contributed by atoms with Crippen molar-refractivity contribution in [1.29, 1.82) is 0 Å². The molecule has 2 unspecified atom stereocenters. The van der Waals surface area contributed by atoms with Crippen molar-refractivity contribution in [3.05, 3.63) is 23.8 Å². The molecule has 2 bridgehead atoms. The van der Waals surface area contributed by atoms with Gasteiger partial charge in [-0.1, -0.05) is 18.6 Å². The molecule has 3 rings (SSSR count). The second-order valence-electron chi connectivity index (χ2n) is 6.26. The lowest BCUT2D eigenvalue weighted by atomic mass is 9.82. The van der Waals surface area contributed by atoms with E-state index in [9.17, 15) is 0 Å². The summed E-state index contributed by atoms with van der Waals surface area (Å²) in [5.41, 5.74) is 9.39. The molecule has 1 aromatic carbocycles. The SMILES string of the molecule is Cc1cccc(N)c1NC1CC2CCCC(C1)N2C. The van der Waals surface area contributed by atoms with Gasteiger partial charge in [-0.25, -0.2) is 0 Å². The minimum atomic E-state index is 0.579. The minimum Gasteiger partial charge on any atom is -0.397 e. The van der Waals surface area contributed by atoms with E-state index >= 15 is 0 Å². The van der Waals surface area contributed by atoms with E-state index in [1.165, 1.54) is 37.7 Å². The molecule has 104 valence electrons. The van der Waals surface area contributed by atoms with E-state index < -0.39 is 0 Å². The lowest BCUT2D eigenvalue weighted by Gasteiger charge is -2.47. The fourth-order valence-corrected chi connectivity index (χ4v) is 3.83. The van der Waals surface area contributed by atoms with Gasteiger partial charge in [0, 0.05) is 18.1 Å². The Labute approximate surface area is 116 Å². The van der Waals surface area contributed by atoms with Gasteiger partial charge in [0.05, 0.1) is 11.4 Å². The van der Waals surface area contributed by atoms with Gasteiger partial charge in [0.2, 0.25) is 0 Å². The van der Waals surface area contributed by atoms with Gasteiger partial charge < -0.3 is 16.0 Å². The van der Waals surface area contributed by atoms with Crippen molar-refractivity contribution in [2.75, 3.05) is 18.1 Å². The number of nitrogens with two attached hydrogens (primary N) is 1. The molecule has 0 aromatic heterocycles. The molecule has 1 aromatic rings. The first-order valence-corrected chi connectivity index (χ1v) is 7.48. The molecule has 19 heavy (non-hydrogen) atoms. The smallest absolute Gasteiger partial charge is 0.0605 e. The molecule has 2 saturated heterocycles. The molecule has 2 aliphatic rings. The first-order valence-electron chi connectivity index (χ1n) is 7.48. The van der Waals surface area contributed by atoms with Crippen LogP contribution in [-0.2, 0) is 0 Å². The third kappa shape index (κ3) is 2.44. The van der Waals surface area contributed by atoms with E-state index in [-0.39, 0.29) is 0 Å². The Morgan fingerprint density at radius 1 is 1.21 bits per heavy atom. The summed E-state index contributed by atoms with van der Waals surface area (Å²) in [5.74, 6) is 0. The lowest BCUT2D eigenvalue weighted by molar-refractivity contribution is 0.0608. The Morgan fingerprint density at radius 3 is 2.53 bits per heavy atom. The largest absolute Gasteiger partial charge is 0.397 e. The van der Waals surface area contributed by atoms with Crippen molar-refractivity contribution in [3.63, 3.8) is 0 Å². The van der Waals surface area contributed by atoms with E-state index in [0.29, 0.717) is 6.04 Å². The van der Waals surface area contributed by atoms with Crippen molar-refractivity contribution in [1.82, 2.24) is 4.90 Å². The van der Waals surface area contributed by atoms with Gasteiger partial charge in [-0.3, -0.25) is 0 Å². The topological polar surface area (TPSA) is 41.3 Å². The predicted molar refractivity (Wildman–Crippen MR) is 81.4 cm³/mol. The Hall–Kier alpha value is -1.22. The molecule has 3 heteroatoms. The highest BCUT2D eigenvalue weighted by Crippen LogP contribution is 2.35. The maximum atomic E-state index is 6.11. The molecule has 2 heterocycles. The Bertz CT molecular complexity index is 423. The van der Waals surface area contributed by atoms with E-state index in [0.717, 1.165) is 23.5 Å². The Balaban J connectivity index is 1.74. The van der Waals surface area contributed by atoms with Gasteiger partial charge in [0.1, 0.15) is 0 Å². The second kappa shape index (κ2) is 5.04. The van der Waals surface area contributed by atoms with Crippen LogP contribution in [0, 0.1) is 6.92 Å². The van der Waals surface area contributed by atoms with Crippen LogP contribution in [0.15, 0.2) is 18.2 Å². The van der Waals surface area contributed by atoms with Gasteiger partial charge in [-0.15, -0.1) is 0 Å². The molecule has 0 amide bonds. The molecule has 0 aliphatic carbocycles. The van der Waals surface area contributed by atoms with E-state index in [1.807, 2.05) is 12.1 Å². The average Bonchev–Trinajstić information content (AvgIpc) is 2.35. The van der Waals surface area contributed by atoms with Crippen LogP contribution in [0.3, 0.4) is 0 Å². The fourth-order valence-electron chi connectivity index (χ4n) is 3.83. The molecule has 3 nitrogen and oxygen atoms in total. The summed E-state index contributed by atoms with van der Waals surface area (Å²) >= 11 is 0. The molecular weight excluding hydrogens is 234 g/mol. The third-order valence-electron chi connectivity index (χ3n) is 4.99. The summed E-state index contributed by atoms with van der Waals surface area (Å²) in [6.45, 7) is 2.13. The van der Waals surface area contributed by atoms with Crippen LogP contribution in [-0.4, -0.2) is 30.1 Å². The van der Waals surface area contributed by atoms with Gasteiger partial charge in [0.15, 0.2) is 0 Å². The number of aryl methyl sites for hydroxylation is 1. The summed E-state index contributed by atoms with van der Waals surface area (Å²) in [7, 11) is 2.30. The van der Waals surface area contributed by atoms with E-state index in [2.05, 4.69) is 30.3 Å². The Morgan fingerprint density at radius 2 is 1.89 bits per heavy atom. The zero-order valence-electron chi connectivity index (χ0n) is 12.0. The number of nitrogens with one attached hydrogen (secondary N) is 1. The lowest BCUT2D eigenvalue weighted by Crippen LogP contribution is -2.52. The van der Waals surface area contributed by atoms with Gasteiger partial charge in [-0.2, -0.15) is 0 Å². The summed E-state index contributed by atoms with van der Waals surface area (Å²) in [6, 6.07) is 8.25. The van der Waals surface area contributed by atoms with Crippen LogP contribution < -0.4 is 11.1 Å². The number of fused-ring (bicyclic) bond motifs is 2. The van der Waals surface area contributed by atoms with E-state index in [4.69, 9.17) is 5.73 Å². The number of hydrogen-bond acceptors (Lipinski definition) is 3. The molecular formula is C16H25N3. The van der Waals surface area contributed by atoms with Crippen molar-refractivity contribution in [2.24, 2.45) is 0 Å². The third-order valence-corrected chi connectivity index (χ3v) is 4.99. The number of piperidine rings is 2. The first-order chi connectivity index (χ1) is 9.15. The molecule has 0 saturated carbocycles. The summed E-state index contributed by atoms with van der Waals surface area (Å²) in [4.78, 5) is 2.60. The fraction of sp³-hybridized carbons (Fsp3) is 0.625. The molecule has 0 spiro atoms. The number of hydrogen-bond donors (Lipinski definition) is 2. The standard InChI is InChI=1S/C16H25N3/c1-11-5-3-8-15(17)16(11)18-12-9-13-6-4-7-14(10-12)19(13)2/h3,5,8,12-14,18H,4,6-7,9-10,17H2,1-2H3. The average molecular weight is 259 g/mol. The number of nitrogen functional groups attached to an aromatic ring is 1. The number of rotatable bonds is 2. The van der Waals surface area contributed by atoms with Crippen LogP contribution >= 0.6 is 0 Å². The normalized spacial score (nSPS) is 31.2. The highest BCUT2D eigenvalue weighted by Gasteiger charge is 2.36. The van der Waals surface area contributed by atoms with Crippen molar-refractivity contribution >= 4 is 11.4 Å². The van der Waals surface area contributed by atoms with Crippen LogP contribution in [0.1, 0.15) is 37.7 Å². The monoisotopic (exact) mass is 259 g/mol. The first kappa shape index (κ1) is 12.8. The van der Waals surface area contributed by atoms with Crippen molar-refractivity contribution in [2.45, 2.75) is 57.2 Å². The second-order valence-corrected chi connectivity index (χ2v) is 6.26. The molecule has 2 atom stereocenters. The predicted octanol–water partition coefficient (Wildman–Crippen LogP) is 3.00. The molecule has 0 radical (unpaired) electrons. The number of benzene rings is 1. The van der Waals surface area contributed by atoms with Crippen LogP contribution in [0.2, 0.25) is 0 Å². The molecule has 2 fully saturated rings. The highest BCUT2D eigenvalue weighted by molar-refractivity contribution is 5.70. The minimum absolute atomic E-state index is 0.579. The highest BCUT2D eigenvalue weighted by atomic mass is 15.2. The van der Waals surface area contributed by atoms with E-state index in [1.54, 1.807) is 0 Å². The zero-order chi connectivity index (χ0) is 13.4. The van der Waals surface area contributed by atoms with Crippen LogP contribution in [0.5, 0.6) is 0 Å². The van der Waals surface area contributed by atoms with Gasteiger partial charge in [-0.05, 0) is 51.3 Å². The summed E-state index contributed by atoms with van der Waals surface area (Å²) < 4.78 is 0. The number of para-hydroxylation sites is 1. The summed E-state index contributed by atoms with van der Waals surface area (Å²) in [6.07, 6.45) is 6.61. The summed E-state index contributed by atoms with van der Waals surface area (Å²) in [5, 5.41) is 3.71. The van der Waals surface area contributed by atoms with Crippen molar-refractivity contribution < 1.29 is 0 Å². The quantitative estimate of drug-likeness (QED) is 0.802. The Kier molecular flexibility index (Phi) is 3.40. The maximum Gasteiger partial charge on any atom is 0.0605 e. The zero-order valence-corrected chi connectivity index (χ0v) is 12.0. The van der Waals surface area contributed by atoms with Crippen LogP contribution in [0.25, 0.3) is 0 Å². The molecule has 2 aliphatic heterocycles. The number of nitrogens with zero attached hydrogens (tertiary/aromatic N) is 1. The van der Waals surface area contributed by atoms with Crippen molar-refractivity contribution in [3.8, 4) is 0 Å². The van der Waals surface area contributed by atoms with Crippen LogP contribution in [0.4, 0.5) is 11.4 Å². The maximum absolute atomic E-state index is 6.11. The van der Waals surface area contributed by atoms with Gasteiger partial charge in [0.25, 0.3) is 0 Å². The molecule has 3 N–H and O–H groups in total.